The molecule has 0 aliphatic heterocycles. The summed E-state index contributed by atoms with van der Waals surface area (Å²) in [6.45, 7) is 0. The Hall–Kier alpha value is 0.510. The zero-order chi connectivity index (χ0) is 10.2. The molecule has 0 aromatic carbocycles. The van der Waals surface area contributed by atoms with Crippen molar-refractivity contribution in [3.63, 3.8) is 0 Å². The quantitative estimate of drug-likeness (QED) is 0.530. The fourth-order valence-corrected chi connectivity index (χ4v) is 0.979. The molecule has 0 fully saturated rings. The molecule has 74 valence electrons. The van der Waals surface area contributed by atoms with Gasteiger partial charge in [-0.05, 0) is 10.7 Å². The van der Waals surface area contributed by atoms with Gasteiger partial charge in [0.25, 0.3) is 0 Å². The van der Waals surface area contributed by atoms with E-state index in [9.17, 15) is 26.3 Å². The van der Waals surface area contributed by atoms with Crippen molar-refractivity contribution in [1.82, 2.24) is 0 Å². The first kappa shape index (κ1) is 12.5. The van der Waals surface area contributed by atoms with Gasteiger partial charge < -0.3 is 0 Å². The molecule has 0 aromatic heterocycles. The molecule has 1 unspecified atom stereocenters. The van der Waals surface area contributed by atoms with E-state index in [2.05, 4.69) is 22.3 Å². The summed E-state index contributed by atoms with van der Waals surface area (Å²) < 4.78 is 70.6. The van der Waals surface area contributed by atoms with Crippen LogP contribution in [-0.2, 0) is 0 Å². The van der Waals surface area contributed by atoms with Gasteiger partial charge in [0, 0.05) is 11.0 Å². The Morgan fingerprint density at radius 2 is 1.25 bits per heavy atom. The van der Waals surface area contributed by atoms with Crippen molar-refractivity contribution in [3.8, 4) is 0 Å². The van der Waals surface area contributed by atoms with E-state index < -0.39 is 27.5 Å². The highest BCUT2D eigenvalue weighted by Crippen LogP contribution is 2.54. The summed E-state index contributed by atoms with van der Waals surface area (Å²) >= 11 is 3.96. The van der Waals surface area contributed by atoms with Crippen LogP contribution in [0.2, 0.25) is 0 Å². The van der Waals surface area contributed by atoms with Crippen LogP contribution in [0, 0.1) is 0 Å². The van der Waals surface area contributed by atoms with Gasteiger partial charge in [-0.1, -0.05) is 11.6 Å². The van der Waals surface area contributed by atoms with Crippen molar-refractivity contribution in [2.24, 2.45) is 0 Å². The SMILES string of the molecule is FC(F)(F)C(F)(Cl)C(F)(F)SCl. The highest BCUT2D eigenvalue weighted by atomic mass is 35.7. The van der Waals surface area contributed by atoms with Crippen LogP contribution < -0.4 is 0 Å². The van der Waals surface area contributed by atoms with Gasteiger partial charge in [-0.15, -0.1) is 0 Å². The van der Waals surface area contributed by atoms with E-state index in [-0.39, 0.29) is 0 Å². The molecule has 0 heterocycles. The second kappa shape index (κ2) is 3.34. The van der Waals surface area contributed by atoms with Crippen LogP contribution in [0.3, 0.4) is 0 Å². The molecule has 0 bridgehead atoms. The Labute approximate surface area is 76.7 Å². The Balaban J connectivity index is 4.85. The van der Waals surface area contributed by atoms with E-state index in [0.29, 0.717) is 0 Å². The van der Waals surface area contributed by atoms with Crippen molar-refractivity contribution in [3.05, 3.63) is 0 Å². The zero-order valence-corrected chi connectivity index (χ0v) is 7.26. The molecule has 0 aliphatic rings. The van der Waals surface area contributed by atoms with Crippen molar-refractivity contribution in [2.75, 3.05) is 0 Å². The fraction of sp³-hybridized carbons (Fsp3) is 1.00. The van der Waals surface area contributed by atoms with E-state index in [1.54, 1.807) is 0 Å². The lowest BCUT2D eigenvalue weighted by molar-refractivity contribution is -0.240. The van der Waals surface area contributed by atoms with E-state index >= 15 is 0 Å². The maximum atomic E-state index is 12.2. The lowest BCUT2D eigenvalue weighted by atomic mass is 10.4. The third kappa shape index (κ3) is 2.05. The average molecular weight is 253 g/mol. The molecular weight excluding hydrogens is 253 g/mol. The smallest absolute Gasteiger partial charge is 0.208 e. The van der Waals surface area contributed by atoms with Crippen LogP contribution in [0.1, 0.15) is 0 Å². The first-order valence-electron chi connectivity index (χ1n) is 2.18. The lowest BCUT2D eigenvalue weighted by Gasteiger charge is -2.26. The van der Waals surface area contributed by atoms with Gasteiger partial charge in [-0.25, -0.2) is 4.39 Å². The third-order valence-corrected chi connectivity index (χ3v) is 2.44. The van der Waals surface area contributed by atoms with Crippen LogP contribution in [0.25, 0.3) is 0 Å². The van der Waals surface area contributed by atoms with Gasteiger partial charge >= 0.3 is 16.6 Å². The molecule has 9 heteroatoms. The molecule has 12 heavy (non-hydrogen) atoms. The molecule has 0 rings (SSSR count). The van der Waals surface area contributed by atoms with E-state index in [0.717, 1.165) is 0 Å². The first-order valence-corrected chi connectivity index (χ1v) is 4.20. The maximum absolute atomic E-state index is 12.2. The molecule has 0 saturated carbocycles. The zero-order valence-electron chi connectivity index (χ0n) is 4.93. The standard InChI is InChI=1S/C3Cl2F6S/c4-1(6,2(7,8)9)3(10,11)12-5. The number of hydrogen-bond donors (Lipinski definition) is 0. The Kier molecular flexibility index (Phi) is 3.48. The second-order valence-corrected chi connectivity index (χ2v) is 3.32. The van der Waals surface area contributed by atoms with E-state index in [1.807, 2.05) is 0 Å². The number of alkyl halides is 7. The minimum absolute atomic E-state index is 1.13. The molecule has 0 radical (unpaired) electrons. The van der Waals surface area contributed by atoms with Crippen molar-refractivity contribution >= 4 is 33.3 Å². The van der Waals surface area contributed by atoms with Crippen molar-refractivity contribution in [2.45, 2.75) is 16.6 Å². The topological polar surface area (TPSA) is 0 Å². The largest absolute Gasteiger partial charge is 0.444 e. The summed E-state index contributed by atoms with van der Waals surface area (Å²) in [5, 5.41) is -10.1. The Bertz CT molecular complexity index is 165. The van der Waals surface area contributed by atoms with Gasteiger partial charge in [0.1, 0.15) is 0 Å². The fourth-order valence-electron chi connectivity index (χ4n) is 0.213. The van der Waals surface area contributed by atoms with Crippen LogP contribution in [0.15, 0.2) is 0 Å². The van der Waals surface area contributed by atoms with Gasteiger partial charge in [0.15, 0.2) is 0 Å². The first-order chi connectivity index (χ1) is 5.06. The molecule has 0 aliphatic carbocycles. The molecular formula is C3Cl2F6S. The molecule has 0 amide bonds. The monoisotopic (exact) mass is 252 g/mol. The van der Waals surface area contributed by atoms with Gasteiger partial charge in [-0.3, -0.25) is 0 Å². The predicted octanol–water partition coefficient (Wildman–Crippen LogP) is 3.93. The number of hydrogen-bond acceptors (Lipinski definition) is 1. The average Bonchev–Trinajstić information content (AvgIpc) is 1.85. The van der Waals surface area contributed by atoms with Gasteiger partial charge in [0.05, 0.1) is 0 Å². The van der Waals surface area contributed by atoms with Crippen molar-refractivity contribution in [1.29, 1.82) is 0 Å². The molecule has 0 aromatic rings. The van der Waals surface area contributed by atoms with E-state index in [1.165, 1.54) is 0 Å². The number of rotatable bonds is 2. The summed E-state index contributed by atoms with van der Waals surface area (Å²) in [6, 6.07) is 0. The summed E-state index contributed by atoms with van der Waals surface area (Å²) in [6.07, 6.45) is -5.88. The summed E-state index contributed by atoms with van der Waals surface area (Å²) in [5.41, 5.74) is 0. The number of halogens is 8. The summed E-state index contributed by atoms with van der Waals surface area (Å²) in [4.78, 5) is 0. The normalized spacial score (nSPS) is 19.0. The summed E-state index contributed by atoms with van der Waals surface area (Å²) in [5.74, 6) is 0. The Morgan fingerprint density at radius 1 is 0.917 bits per heavy atom. The predicted molar refractivity (Wildman–Crippen MR) is 34.1 cm³/mol. The van der Waals surface area contributed by atoms with Crippen LogP contribution in [-0.4, -0.2) is 16.6 Å². The van der Waals surface area contributed by atoms with Gasteiger partial charge in [-0.2, -0.15) is 22.0 Å². The highest BCUT2D eigenvalue weighted by Gasteiger charge is 2.71. The summed E-state index contributed by atoms with van der Waals surface area (Å²) in [7, 11) is 3.20. The van der Waals surface area contributed by atoms with Crippen LogP contribution in [0.4, 0.5) is 26.3 Å². The minimum atomic E-state index is -5.88. The maximum Gasteiger partial charge on any atom is 0.444 e. The molecule has 0 spiro atoms. The third-order valence-electron chi connectivity index (χ3n) is 0.818. The highest BCUT2D eigenvalue weighted by molar-refractivity contribution is 8.22. The van der Waals surface area contributed by atoms with Crippen LogP contribution >= 0.6 is 33.3 Å². The molecule has 0 N–H and O–H groups in total. The molecule has 0 nitrogen and oxygen atoms in total. The second-order valence-electron chi connectivity index (χ2n) is 1.67. The van der Waals surface area contributed by atoms with Crippen LogP contribution in [0.5, 0.6) is 0 Å². The lowest BCUT2D eigenvalue weighted by Crippen LogP contribution is -2.48. The van der Waals surface area contributed by atoms with Gasteiger partial charge in [0.2, 0.25) is 0 Å². The minimum Gasteiger partial charge on any atom is -0.208 e. The molecule has 1 atom stereocenters. The Morgan fingerprint density at radius 3 is 1.33 bits per heavy atom. The molecule has 0 saturated heterocycles. The van der Waals surface area contributed by atoms with Crippen molar-refractivity contribution < 1.29 is 26.3 Å². The van der Waals surface area contributed by atoms with E-state index in [4.69, 9.17) is 0 Å².